The van der Waals surface area contributed by atoms with Crippen molar-refractivity contribution in [1.29, 1.82) is 0 Å². The molecule has 0 radical (unpaired) electrons. The number of hydrogen-bond acceptors (Lipinski definition) is 3. The number of benzene rings is 1. The lowest BCUT2D eigenvalue weighted by Crippen LogP contribution is -2.33. The van der Waals surface area contributed by atoms with Gasteiger partial charge in [-0.05, 0) is 30.5 Å². The summed E-state index contributed by atoms with van der Waals surface area (Å²) in [5.41, 5.74) is 7.44. The van der Waals surface area contributed by atoms with Gasteiger partial charge in [-0.3, -0.25) is 0 Å². The quantitative estimate of drug-likeness (QED) is 0.867. The molecule has 0 bridgehead atoms. The SMILES string of the molecule is NC1(c2cc3c(cc2Br)OCCO3)CCCC1. The molecule has 2 aliphatic rings. The molecule has 1 fully saturated rings. The van der Waals surface area contributed by atoms with E-state index in [4.69, 9.17) is 15.2 Å². The van der Waals surface area contributed by atoms with Gasteiger partial charge in [0.1, 0.15) is 13.2 Å². The van der Waals surface area contributed by atoms with Gasteiger partial charge in [-0.1, -0.05) is 28.8 Å². The Bertz CT molecular complexity index is 441. The van der Waals surface area contributed by atoms with Gasteiger partial charge in [-0.25, -0.2) is 0 Å². The smallest absolute Gasteiger partial charge is 0.162 e. The Labute approximate surface area is 109 Å². The van der Waals surface area contributed by atoms with E-state index in [1.165, 1.54) is 12.8 Å². The van der Waals surface area contributed by atoms with Gasteiger partial charge in [0.25, 0.3) is 0 Å². The molecule has 2 N–H and O–H groups in total. The van der Waals surface area contributed by atoms with Crippen molar-refractivity contribution in [1.82, 2.24) is 0 Å². The first-order valence-electron chi connectivity index (χ1n) is 6.08. The maximum atomic E-state index is 6.49. The maximum absolute atomic E-state index is 6.49. The first-order valence-corrected chi connectivity index (χ1v) is 6.87. The van der Waals surface area contributed by atoms with Crippen molar-refractivity contribution in [2.24, 2.45) is 5.73 Å². The molecule has 1 aliphatic carbocycles. The summed E-state index contributed by atoms with van der Waals surface area (Å²) in [7, 11) is 0. The molecule has 0 amide bonds. The molecule has 4 heteroatoms. The van der Waals surface area contributed by atoms with E-state index >= 15 is 0 Å². The second-order valence-electron chi connectivity index (χ2n) is 4.84. The molecule has 1 saturated carbocycles. The van der Waals surface area contributed by atoms with Gasteiger partial charge in [-0.2, -0.15) is 0 Å². The van der Waals surface area contributed by atoms with Gasteiger partial charge in [0.2, 0.25) is 0 Å². The van der Waals surface area contributed by atoms with Gasteiger partial charge >= 0.3 is 0 Å². The minimum Gasteiger partial charge on any atom is -0.486 e. The van der Waals surface area contributed by atoms with Crippen molar-refractivity contribution in [2.45, 2.75) is 31.2 Å². The molecule has 0 atom stereocenters. The standard InChI is InChI=1S/C13H16BrNO2/c14-10-8-12-11(16-5-6-17-12)7-9(10)13(15)3-1-2-4-13/h7-8H,1-6,15H2. The van der Waals surface area contributed by atoms with Crippen LogP contribution in [0.1, 0.15) is 31.2 Å². The number of nitrogens with two attached hydrogens (primary N) is 1. The van der Waals surface area contributed by atoms with Crippen molar-refractivity contribution in [3.63, 3.8) is 0 Å². The highest BCUT2D eigenvalue weighted by Gasteiger charge is 2.34. The molecule has 1 aliphatic heterocycles. The lowest BCUT2D eigenvalue weighted by Gasteiger charge is -2.28. The monoisotopic (exact) mass is 297 g/mol. The van der Waals surface area contributed by atoms with Crippen molar-refractivity contribution in [3.8, 4) is 11.5 Å². The molecular formula is C13H16BrNO2. The van der Waals surface area contributed by atoms with Gasteiger partial charge in [0.15, 0.2) is 11.5 Å². The topological polar surface area (TPSA) is 44.5 Å². The molecule has 92 valence electrons. The van der Waals surface area contributed by atoms with Crippen molar-refractivity contribution >= 4 is 15.9 Å². The number of rotatable bonds is 1. The van der Waals surface area contributed by atoms with Crippen LogP contribution in [0.15, 0.2) is 16.6 Å². The van der Waals surface area contributed by atoms with E-state index in [1.807, 2.05) is 12.1 Å². The average molecular weight is 298 g/mol. The molecule has 0 spiro atoms. The van der Waals surface area contributed by atoms with Crippen LogP contribution in [0.25, 0.3) is 0 Å². The minimum absolute atomic E-state index is 0.200. The van der Waals surface area contributed by atoms with E-state index in [9.17, 15) is 0 Å². The Balaban J connectivity index is 2.04. The second kappa shape index (κ2) is 4.18. The predicted molar refractivity (Wildman–Crippen MR) is 69.5 cm³/mol. The van der Waals surface area contributed by atoms with Crippen LogP contribution in [-0.2, 0) is 5.54 Å². The Morgan fingerprint density at radius 1 is 1.06 bits per heavy atom. The Kier molecular flexibility index (Phi) is 2.79. The number of hydrogen-bond donors (Lipinski definition) is 1. The first kappa shape index (κ1) is 11.4. The molecule has 0 aromatic heterocycles. The molecule has 3 nitrogen and oxygen atoms in total. The van der Waals surface area contributed by atoms with Crippen LogP contribution in [0.3, 0.4) is 0 Å². The highest BCUT2D eigenvalue weighted by atomic mass is 79.9. The van der Waals surface area contributed by atoms with Gasteiger partial charge in [0.05, 0.1) is 0 Å². The number of ether oxygens (including phenoxy) is 2. The Hall–Kier alpha value is -0.740. The second-order valence-corrected chi connectivity index (χ2v) is 5.69. The van der Waals surface area contributed by atoms with Crippen LogP contribution >= 0.6 is 15.9 Å². The molecule has 0 saturated heterocycles. The van der Waals surface area contributed by atoms with Gasteiger partial charge < -0.3 is 15.2 Å². The third-order valence-electron chi connectivity index (χ3n) is 3.66. The van der Waals surface area contributed by atoms with Crippen LogP contribution in [0.5, 0.6) is 11.5 Å². The Morgan fingerprint density at radius 2 is 1.65 bits per heavy atom. The summed E-state index contributed by atoms with van der Waals surface area (Å²) in [6, 6.07) is 4.03. The fraction of sp³-hybridized carbons (Fsp3) is 0.538. The summed E-state index contributed by atoms with van der Waals surface area (Å²) >= 11 is 3.61. The molecule has 1 heterocycles. The molecule has 3 rings (SSSR count). The summed E-state index contributed by atoms with van der Waals surface area (Å²) in [5.74, 6) is 1.64. The maximum Gasteiger partial charge on any atom is 0.162 e. The van der Waals surface area contributed by atoms with Crippen molar-refractivity contribution in [3.05, 3.63) is 22.2 Å². The molecule has 0 unspecified atom stereocenters. The summed E-state index contributed by atoms with van der Waals surface area (Å²) in [6.45, 7) is 1.23. The zero-order valence-electron chi connectivity index (χ0n) is 9.67. The fourth-order valence-corrected chi connectivity index (χ4v) is 3.44. The van der Waals surface area contributed by atoms with Crippen molar-refractivity contribution in [2.75, 3.05) is 13.2 Å². The normalized spacial score (nSPS) is 21.5. The fourth-order valence-electron chi connectivity index (χ4n) is 2.72. The number of fused-ring (bicyclic) bond motifs is 1. The molecule has 1 aromatic carbocycles. The summed E-state index contributed by atoms with van der Waals surface area (Å²) < 4.78 is 12.2. The van der Waals surface area contributed by atoms with Crippen LogP contribution in [0.4, 0.5) is 0 Å². The van der Waals surface area contributed by atoms with E-state index in [1.54, 1.807) is 0 Å². The zero-order chi connectivity index (χ0) is 11.9. The molecule has 17 heavy (non-hydrogen) atoms. The summed E-state index contributed by atoms with van der Waals surface area (Å²) in [6.07, 6.45) is 4.51. The van der Waals surface area contributed by atoms with E-state index in [-0.39, 0.29) is 5.54 Å². The van der Waals surface area contributed by atoms with Gasteiger partial charge in [-0.15, -0.1) is 0 Å². The molecule has 1 aromatic rings. The van der Waals surface area contributed by atoms with E-state index in [2.05, 4.69) is 15.9 Å². The highest BCUT2D eigenvalue weighted by Crippen LogP contribution is 2.44. The van der Waals surface area contributed by atoms with Gasteiger partial charge in [0, 0.05) is 10.0 Å². The lowest BCUT2D eigenvalue weighted by molar-refractivity contribution is 0.171. The molecular weight excluding hydrogens is 282 g/mol. The Morgan fingerprint density at radius 3 is 2.29 bits per heavy atom. The van der Waals surface area contributed by atoms with Crippen LogP contribution in [-0.4, -0.2) is 13.2 Å². The number of halogens is 1. The van der Waals surface area contributed by atoms with E-state index in [0.29, 0.717) is 13.2 Å². The zero-order valence-corrected chi connectivity index (χ0v) is 11.3. The van der Waals surface area contributed by atoms with E-state index in [0.717, 1.165) is 34.4 Å². The van der Waals surface area contributed by atoms with Crippen molar-refractivity contribution < 1.29 is 9.47 Å². The summed E-state index contributed by atoms with van der Waals surface area (Å²) in [5, 5.41) is 0. The average Bonchev–Trinajstić information content (AvgIpc) is 2.76. The minimum atomic E-state index is -0.200. The van der Waals surface area contributed by atoms with Crippen LogP contribution in [0, 0.1) is 0 Å². The van der Waals surface area contributed by atoms with Crippen LogP contribution < -0.4 is 15.2 Å². The van der Waals surface area contributed by atoms with Crippen LogP contribution in [0.2, 0.25) is 0 Å². The largest absolute Gasteiger partial charge is 0.486 e. The summed E-state index contributed by atoms with van der Waals surface area (Å²) in [4.78, 5) is 0. The predicted octanol–water partition coefficient (Wildman–Crippen LogP) is 2.95. The third-order valence-corrected chi connectivity index (χ3v) is 4.32. The third kappa shape index (κ3) is 1.93. The lowest BCUT2D eigenvalue weighted by atomic mass is 9.89. The highest BCUT2D eigenvalue weighted by molar-refractivity contribution is 9.10. The first-order chi connectivity index (χ1) is 8.19. The van der Waals surface area contributed by atoms with E-state index < -0.39 is 0 Å².